The molecule has 1 aliphatic rings. The van der Waals surface area contributed by atoms with Crippen LogP contribution in [0.5, 0.6) is 0 Å². The van der Waals surface area contributed by atoms with Gasteiger partial charge >= 0.3 is 6.03 Å². The van der Waals surface area contributed by atoms with E-state index >= 15 is 0 Å². The molecule has 9 nitrogen and oxygen atoms in total. The molecule has 36 heavy (non-hydrogen) atoms. The van der Waals surface area contributed by atoms with E-state index in [0.29, 0.717) is 23.4 Å². The Morgan fingerprint density at radius 2 is 1.72 bits per heavy atom. The third kappa shape index (κ3) is 5.02. The molecule has 2 aromatic heterocycles. The van der Waals surface area contributed by atoms with Crippen molar-refractivity contribution in [2.75, 3.05) is 22.6 Å². The van der Waals surface area contributed by atoms with Crippen LogP contribution in [0.1, 0.15) is 32.1 Å². The summed E-state index contributed by atoms with van der Waals surface area (Å²) in [6, 6.07) is 15.4. The number of nitrogens with one attached hydrogen (secondary N) is 3. The lowest BCUT2D eigenvalue weighted by atomic mass is 9.94. The van der Waals surface area contributed by atoms with Crippen molar-refractivity contribution in [2.45, 2.75) is 38.1 Å². The molecule has 10 heteroatoms. The maximum Gasteiger partial charge on any atom is 0.323 e. The van der Waals surface area contributed by atoms with Crippen LogP contribution >= 0.6 is 0 Å². The molecule has 2 heterocycles. The number of amides is 2. The summed E-state index contributed by atoms with van der Waals surface area (Å²) in [5, 5.41) is 19.7. The Morgan fingerprint density at radius 1 is 1.00 bits per heavy atom. The van der Waals surface area contributed by atoms with E-state index in [1.54, 1.807) is 18.3 Å². The molecule has 4 aromatic rings. The highest BCUT2D eigenvalue weighted by molar-refractivity contribution is 6.02. The first-order valence-electron chi connectivity index (χ1n) is 12.0. The molecule has 2 amide bonds. The maximum absolute atomic E-state index is 14.1. The molecule has 3 N–H and O–H groups in total. The van der Waals surface area contributed by atoms with Gasteiger partial charge in [0.05, 0.1) is 11.4 Å². The summed E-state index contributed by atoms with van der Waals surface area (Å²) in [6.45, 7) is 0. The summed E-state index contributed by atoms with van der Waals surface area (Å²) >= 11 is 0. The summed E-state index contributed by atoms with van der Waals surface area (Å²) in [5.41, 5.74) is 3.07. The van der Waals surface area contributed by atoms with Crippen molar-refractivity contribution in [3.05, 3.63) is 66.6 Å². The lowest BCUT2D eigenvalue weighted by molar-refractivity contribution is 0.262. The highest BCUT2D eigenvalue weighted by Crippen LogP contribution is 2.35. The monoisotopic (exact) mass is 486 g/mol. The molecule has 0 radical (unpaired) electrons. The number of anilines is 3. The van der Waals surface area contributed by atoms with Crippen molar-refractivity contribution >= 4 is 23.2 Å². The zero-order valence-electron chi connectivity index (χ0n) is 19.9. The van der Waals surface area contributed by atoms with Crippen molar-refractivity contribution in [2.24, 2.45) is 0 Å². The molecule has 0 unspecified atom stereocenters. The SMILES string of the molecule is CN(c1ncc(-c2ccccc2-c2nnn[nH]2)cc1NC(=O)Nc1ccccc1F)C1CCCCC1. The average molecular weight is 487 g/mol. The normalized spacial score (nSPS) is 13.8. The minimum Gasteiger partial charge on any atom is -0.355 e. The molecule has 1 fully saturated rings. The quantitative estimate of drug-likeness (QED) is 0.333. The Labute approximate surface area is 208 Å². The van der Waals surface area contributed by atoms with Gasteiger partial charge in [-0.25, -0.2) is 19.3 Å². The van der Waals surface area contributed by atoms with E-state index in [0.717, 1.165) is 29.5 Å². The van der Waals surface area contributed by atoms with E-state index in [1.165, 1.54) is 31.4 Å². The van der Waals surface area contributed by atoms with Crippen molar-refractivity contribution < 1.29 is 9.18 Å². The van der Waals surface area contributed by atoms with Crippen LogP contribution in [0.4, 0.5) is 26.4 Å². The van der Waals surface area contributed by atoms with Gasteiger partial charge in [0.2, 0.25) is 0 Å². The molecule has 0 atom stereocenters. The first-order valence-corrected chi connectivity index (χ1v) is 12.0. The van der Waals surface area contributed by atoms with Crippen molar-refractivity contribution in [1.82, 2.24) is 25.6 Å². The lowest BCUT2D eigenvalue weighted by Crippen LogP contribution is -2.35. The number of aromatic nitrogens is 5. The molecular formula is C26H27FN8O. The fraction of sp³-hybridized carbons (Fsp3) is 0.269. The van der Waals surface area contributed by atoms with Crippen LogP contribution < -0.4 is 15.5 Å². The highest BCUT2D eigenvalue weighted by Gasteiger charge is 2.23. The number of carbonyl (C=O) groups is 1. The van der Waals surface area contributed by atoms with Crippen LogP contribution in [-0.4, -0.2) is 44.7 Å². The zero-order valence-corrected chi connectivity index (χ0v) is 19.9. The van der Waals surface area contributed by atoms with Crippen LogP contribution in [0.25, 0.3) is 22.5 Å². The van der Waals surface area contributed by atoms with Gasteiger partial charge in [-0.1, -0.05) is 55.7 Å². The second-order valence-electron chi connectivity index (χ2n) is 8.85. The van der Waals surface area contributed by atoms with Gasteiger partial charge in [0, 0.05) is 30.4 Å². The summed E-state index contributed by atoms with van der Waals surface area (Å²) in [7, 11) is 2.01. The van der Waals surface area contributed by atoms with E-state index < -0.39 is 11.8 Å². The number of H-pyrrole nitrogens is 1. The highest BCUT2D eigenvalue weighted by atomic mass is 19.1. The summed E-state index contributed by atoms with van der Waals surface area (Å²) < 4.78 is 14.1. The van der Waals surface area contributed by atoms with Gasteiger partial charge in [-0.05, 0) is 47.0 Å². The van der Waals surface area contributed by atoms with Gasteiger partial charge in [0.15, 0.2) is 11.6 Å². The number of para-hydroxylation sites is 1. The minimum absolute atomic E-state index is 0.101. The standard InChI is InChI=1S/C26H27FN8O/c1-35(18-9-3-2-4-10-18)25-23(30-26(36)29-22-14-8-7-13-21(22)27)15-17(16-28-25)19-11-5-6-12-20(19)24-31-33-34-32-24/h5-8,11-16,18H,2-4,9-10H2,1H3,(H2,29,30,36)(H,31,32,33,34). The number of tetrazole rings is 1. The van der Waals surface area contributed by atoms with Crippen molar-refractivity contribution in [3.63, 3.8) is 0 Å². The third-order valence-electron chi connectivity index (χ3n) is 6.53. The molecule has 0 bridgehead atoms. The molecule has 0 aliphatic heterocycles. The second-order valence-corrected chi connectivity index (χ2v) is 8.85. The topological polar surface area (TPSA) is 112 Å². The predicted octanol–water partition coefficient (Wildman–Crippen LogP) is 5.48. The molecule has 1 saturated carbocycles. The fourth-order valence-electron chi connectivity index (χ4n) is 4.67. The first-order chi connectivity index (χ1) is 17.6. The number of aromatic amines is 1. The predicted molar refractivity (Wildman–Crippen MR) is 137 cm³/mol. The van der Waals surface area contributed by atoms with Crippen LogP contribution in [-0.2, 0) is 0 Å². The van der Waals surface area contributed by atoms with Crippen molar-refractivity contribution in [3.8, 4) is 22.5 Å². The molecule has 184 valence electrons. The van der Waals surface area contributed by atoms with Gasteiger partial charge in [-0.15, -0.1) is 5.10 Å². The van der Waals surface area contributed by atoms with Gasteiger partial charge < -0.3 is 15.5 Å². The van der Waals surface area contributed by atoms with Gasteiger partial charge in [-0.3, -0.25) is 0 Å². The number of pyridine rings is 1. The number of carbonyl (C=O) groups excluding carboxylic acids is 1. The van der Waals surface area contributed by atoms with Crippen LogP contribution in [0.2, 0.25) is 0 Å². The summed E-state index contributed by atoms with van der Waals surface area (Å²) in [4.78, 5) is 19.8. The number of hydrogen-bond acceptors (Lipinski definition) is 6. The largest absolute Gasteiger partial charge is 0.355 e. The Hall–Kier alpha value is -4.34. The number of benzene rings is 2. The summed E-state index contributed by atoms with van der Waals surface area (Å²) in [6.07, 6.45) is 7.51. The molecule has 0 saturated heterocycles. The molecule has 5 rings (SSSR count). The number of halogens is 1. The van der Waals surface area contributed by atoms with Crippen molar-refractivity contribution in [1.29, 1.82) is 0 Å². The maximum atomic E-state index is 14.1. The number of hydrogen-bond donors (Lipinski definition) is 3. The lowest BCUT2D eigenvalue weighted by Gasteiger charge is -2.33. The Kier molecular flexibility index (Phi) is 6.83. The third-order valence-corrected chi connectivity index (χ3v) is 6.53. The van der Waals surface area contributed by atoms with E-state index in [4.69, 9.17) is 4.98 Å². The molecule has 1 aliphatic carbocycles. The van der Waals surface area contributed by atoms with E-state index in [9.17, 15) is 9.18 Å². The number of urea groups is 1. The Balaban J connectivity index is 1.51. The average Bonchev–Trinajstić information content (AvgIpc) is 3.45. The van der Waals surface area contributed by atoms with Crippen LogP contribution in [0, 0.1) is 5.82 Å². The van der Waals surface area contributed by atoms with Gasteiger partial charge in [0.1, 0.15) is 5.82 Å². The molecule has 2 aromatic carbocycles. The Bertz CT molecular complexity index is 1340. The van der Waals surface area contributed by atoms with E-state index in [2.05, 4.69) is 36.2 Å². The zero-order chi connectivity index (χ0) is 24.9. The Morgan fingerprint density at radius 3 is 2.47 bits per heavy atom. The number of nitrogens with zero attached hydrogens (tertiary/aromatic N) is 5. The second kappa shape index (κ2) is 10.5. The molecule has 0 spiro atoms. The fourth-order valence-corrected chi connectivity index (χ4v) is 4.67. The minimum atomic E-state index is -0.551. The van der Waals surface area contributed by atoms with E-state index in [1.807, 2.05) is 37.4 Å². The van der Waals surface area contributed by atoms with Crippen LogP contribution in [0.15, 0.2) is 60.8 Å². The van der Waals surface area contributed by atoms with Crippen LogP contribution in [0.3, 0.4) is 0 Å². The smallest absolute Gasteiger partial charge is 0.323 e. The number of rotatable bonds is 6. The summed E-state index contributed by atoms with van der Waals surface area (Å²) in [5.74, 6) is 0.683. The van der Waals surface area contributed by atoms with E-state index in [-0.39, 0.29) is 5.69 Å². The molecular weight excluding hydrogens is 459 g/mol. The van der Waals surface area contributed by atoms with Gasteiger partial charge in [-0.2, -0.15) is 0 Å². The van der Waals surface area contributed by atoms with Gasteiger partial charge in [0.25, 0.3) is 0 Å². The first kappa shape index (κ1) is 23.4.